The molecule has 2 aromatic rings. The van der Waals surface area contributed by atoms with Crippen LogP contribution in [-0.4, -0.2) is 30.8 Å². The molecule has 29 heavy (non-hydrogen) atoms. The lowest BCUT2D eigenvalue weighted by Gasteiger charge is -2.45. The molecular weight excluding hydrogens is 364 g/mol. The molecule has 2 aliphatic carbocycles. The largest absolute Gasteiger partial charge is 0.462 e. The maximum absolute atomic E-state index is 9.22. The number of nitrogens with two attached hydrogens (primary N) is 1. The van der Waals surface area contributed by atoms with Crippen LogP contribution in [0.25, 0.3) is 11.1 Å². The summed E-state index contributed by atoms with van der Waals surface area (Å²) in [5.41, 5.74) is 10.6. The lowest BCUT2D eigenvalue weighted by Crippen LogP contribution is -2.46. The molecular formula is C23H24N4O2. The topological polar surface area (TPSA) is 93.5 Å². The number of ether oxygens (including phenoxy) is 2. The molecule has 1 aliphatic heterocycles. The summed E-state index contributed by atoms with van der Waals surface area (Å²) in [4.78, 5) is 9.14. The van der Waals surface area contributed by atoms with Crippen molar-refractivity contribution in [2.45, 2.75) is 43.7 Å². The van der Waals surface area contributed by atoms with E-state index in [1.807, 2.05) is 6.07 Å². The van der Waals surface area contributed by atoms with Crippen LogP contribution in [0.4, 0.5) is 0 Å². The third-order valence-electron chi connectivity index (χ3n) is 7.12. The Balaban J connectivity index is 1.61. The van der Waals surface area contributed by atoms with E-state index in [0.717, 1.165) is 43.2 Å². The number of aliphatic imine (C=N–C) groups is 1. The molecule has 3 aliphatic rings. The highest BCUT2D eigenvalue weighted by atomic mass is 16.5. The third kappa shape index (κ3) is 2.65. The lowest BCUT2D eigenvalue weighted by molar-refractivity contribution is -0.00983. The number of hydrogen-bond acceptors (Lipinski definition) is 6. The number of benzene rings is 1. The van der Waals surface area contributed by atoms with E-state index in [1.54, 1.807) is 19.5 Å². The number of aromatic nitrogens is 1. The van der Waals surface area contributed by atoms with Gasteiger partial charge in [0.2, 0.25) is 0 Å². The molecule has 5 rings (SSSR count). The Morgan fingerprint density at radius 3 is 2.72 bits per heavy atom. The zero-order valence-corrected chi connectivity index (χ0v) is 16.5. The minimum atomic E-state index is -0.443. The maximum Gasteiger partial charge on any atom is 0.283 e. The highest BCUT2D eigenvalue weighted by Crippen LogP contribution is 2.61. The van der Waals surface area contributed by atoms with Gasteiger partial charge in [0.1, 0.15) is 18.2 Å². The quantitative estimate of drug-likeness (QED) is 0.852. The van der Waals surface area contributed by atoms with Crippen molar-refractivity contribution in [2.75, 3.05) is 13.7 Å². The van der Waals surface area contributed by atoms with Crippen LogP contribution in [0.15, 0.2) is 41.7 Å². The second-order valence-corrected chi connectivity index (χ2v) is 8.44. The van der Waals surface area contributed by atoms with Gasteiger partial charge in [-0.2, -0.15) is 5.26 Å². The fraction of sp³-hybridized carbons (Fsp3) is 0.435. The van der Waals surface area contributed by atoms with E-state index in [1.165, 1.54) is 11.1 Å². The van der Waals surface area contributed by atoms with Gasteiger partial charge in [-0.3, -0.25) is 4.98 Å². The average molecular weight is 388 g/mol. The minimum Gasteiger partial charge on any atom is -0.462 e. The number of nitrogens with zero attached hydrogens (tertiary/aromatic N) is 3. The van der Waals surface area contributed by atoms with Crippen LogP contribution >= 0.6 is 0 Å². The Hall–Kier alpha value is -2.91. The summed E-state index contributed by atoms with van der Waals surface area (Å²) < 4.78 is 11.4. The molecule has 6 nitrogen and oxygen atoms in total. The minimum absolute atomic E-state index is 0.0108. The number of rotatable bonds is 2. The molecule has 0 unspecified atom stereocenters. The molecule has 0 bridgehead atoms. The van der Waals surface area contributed by atoms with E-state index >= 15 is 0 Å². The molecule has 1 atom stereocenters. The smallest absolute Gasteiger partial charge is 0.283 e. The molecule has 6 heteroatoms. The Morgan fingerprint density at radius 1 is 1.21 bits per heavy atom. The van der Waals surface area contributed by atoms with Crippen LogP contribution in [0.3, 0.4) is 0 Å². The fourth-order valence-electron chi connectivity index (χ4n) is 5.56. The first kappa shape index (κ1) is 18.1. The molecule has 1 saturated carbocycles. The van der Waals surface area contributed by atoms with E-state index in [2.05, 4.69) is 29.3 Å². The number of amidine groups is 1. The van der Waals surface area contributed by atoms with Crippen LogP contribution < -0.4 is 5.73 Å². The zero-order chi connectivity index (χ0) is 20.1. The standard InChI is InChI=1S/C23H24N4O2/c1-28-19-4-6-22(7-5-19)10-17-3-2-16(18-8-15(11-24)12-26-13-18)9-20(17)23(22)14-29-21(25)27-23/h2-3,8-9,12-13,19H,4-7,10,14H2,1H3,(H2,25,27)/t19?,22?,23-/m0/s1. The van der Waals surface area contributed by atoms with Crippen molar-refractivity contribution in [2.24, 2.45) is 16.1 Å². The predicted octanol–water partition coefficient (Wildman–Crippen LogP) is 3.29. The monoisotopic (exact) mass is 388 g/mol. The van der Waals surface area contributed by atoms with Crippen molar-refractivity contribution >= 4 is 6.02 Å². The number of methoxy groups -OCH3 is 1. The molecule has 1 aromatic heterocycles. The van der Waals surface area contributed by atoms with E-state index in [0.29, 0.717) is 18.3 Å². The number of nitriles is 1. The summed E-state index contributed by atoms with van der Waals surface area (Å²) in [7, 11) is 1.80. The van der Waals surface area contributed by atoms with Crippen LogP contribution in [0.1, 0.15) is 42.4 Å². The van der Waals surface area contributed by atoms with E-state index in [-0.39, 0.29) is 11.4 Å². The molecule has 2 spiro atoms. The molecule has 2 heterocycles. The first-order chi connectivity index (χ1) is 14.1. The average Bonchev–Trinajstić information content (AvgIpc) is 3.28. The van der Waals surface area contributed by atoms with Crippen molar-refractivity contribution in [3.05, 3.63) is 53.3 Å². The highest BCUT2D eigenvalue weighted by Gasteiger charge is 2.61. The molecule has 1 fully saturated rings. The van der Waals surface area contributed by atoms with E-state index < -0.39 is 5.54 Å². The normalized spacial score (nSPS) is 30.1. The molecule has 0 saturated heterocycles. The summed E-state index contributed by atoms with van der Waals surface area (Å²) in [5, 5.41) is 9.22. The second-order valence-electron chi connectivity index (χ2n) is 8.44. The van der Waals surface area contributed by atoms with Gasteiger partial charge in [-0.1, -0.05) is 12.1 Å². The van der Waals surface area contributed by atoms with Gasteiger partial charge in [0.25, 0.3) is 6.02 Å². The first-order valence-electron chi connectivity index (χ1n) is 10.1. The fourth-order valence-corrected chi connectivity index (χ4v) is 5.56. The van der Waals surface area contributed by atoms with Gasteiger partial charge in [-0.25, -0.2) is 4.99 Å². The Morgan fingerprint density at radius 2 is 2.03 bits per heavy atom. The van der Waals surface area contributed by atoms with Gasteiger partial charge in [0.05, 0.1) is 11.7 Å². The summed E-state index contributed by atoms with van der Waals surface area (Å²) in [6.45, 7) is 0.490. The molecule has 2 N–H and O–H groups in total. The summed E-state index contributed by atoms with van der Waals surface area (Å²) in [6, 6.07) is 10.8. The van der Waals surface area contributed by atoms with Gasteiger partial charge in [0.15, 0.2) is 0 Å². The van der Waals surface area contributed by atoms with Gasteiger partial charge in [0, 0.05) is 30.5 Å². The van der Waals surface area contributed by atoms with Crippen molar-refractivity contribution in [3.8, 4) is 17.2 Å². The summed E-state index contributed by atoms with van der Waals surface area (Å²) in [6.07, 6.45) is 8.83. The van der Waals surface area contributed by atoms with Crippen LogP contribution in [-0.2, 0) is 21.4 Å². The number of pyridine rings is 1. The van der Waals surface area contributed by atoms with Gasteiger partial charge in [-0.05, 0) is 60.9 Å². The van der Waals surface area contributed by atoms with Crippen molar-refractivity contribution in [3.63, 3.8) is 0 Å². The summed E-state index contributed by atoms with van der Waals surface area (Å²) >= 11 is 0. The summed E-state index contributed by atoms with van der Waals surface area (Å²) in [5.74, 6) is 0. The Bertz CT molecular complexity index is 1030. The Labute approximate surface area is 170 Å². The number of fused-ring (bicyclic) bond motifs is 3. The van der Waals surface area contributed by atoms with Gasteiger partial charge >= 0.3 is 0 Å². The van der Waals surface area contributed by atoms with Crippen LogP contribution in [0.2, 0.25) is 0 Å². The molecule has 0 radical (unpaired) electrons. The van der Waals surface area contributed by atoms with Crippen LogP contribution in [0.5, 0.6) is 0 Å². The third-order valence-corrected chi connectivity index (χ3v) is 7.12. The molecule has 148 valence electrons. The van der Waals surface area contributed by atoms with E-state index in [9.17, 15) is 5.26 Å². The zero-order valence-electron chi connectivity index (χ0n) is 16.5. The van der Waals surface area contributed by atoms with E-state index in [4.69, 9.17) is 20.2 Å². The predicted molar refractivity (Wildman–Crippen MR) is 109 cm³/mol. The maximum atomic E-state index is 9.22. The SMILES string of the molecule is COC1CCC2(CC1)Cc1ccc(-c3cncc(C#N)c3)cc1[C@@]21COC(N)=N1. The molecule has 1 aromatic carbocycles. The van der Waals surface area contributed by atoms with Crippen molar-refractivity contribution in [1.29, 1.82) is 5.26 Å². The second kappa shape index (κ2) is 6.57. The number of hydrogen-bond donors (Lipinski definition) is 1. The highest BCUT2D eigenvalue weighted by molar-refractivity contribution is 5.76. The van der Waals surface area contributed by atoms with Crippen molar-refractivity contribution in [1.82, 2.24) is 4.98 Å². The van der Waals surface area contributed by atoms with Gasteiger partial charge < -0.3 is 15.2 Å². The van der Waals surface area contributed by atoms with Gasteiger partial charge in [-0.15, -0.1) is 0 Å². The van der Waals surface area contributed by atoms with Crippen molar-refractivity contribution < 1.29 is 9.47 Å². The molecule has 0 amide bonds. The Kier molecular flexibility index (Phi) is 4.11. The van der Waals surface area contributed by atoms with Crippen LogP contribution in [0, 0.1) is 16.7 Å². The first-order valence-corrected chi connectivity index (χ1v) is 10.1. The lowest BCUT2D eigenvalue weighted by atomic mass is 9.62.